The lowest BCUT2D eigenvalue weighted by atomic mass is 10.0. The zero-order valence-corrected chi connectivity index (χ0v) is 20.9. The Hall–Kier alpha value is -2.56. The fourth-order valence-corrected chi connectivity index (χ4v) is 5.56. The van der Waals surface area contributed by atoms with Crippen molar-refractivity contribution < 1.29 is 0 Å². The van der Waals surface area contributed by atoms with Crippen LogP contribution >= 0.6 is 31.9 Å². The van der Waals surface area contributed by atoms with Gasteiger partial charge in [0, 0.05) is 30.8 Å². The quantitative estimate of drug-likeness (QED) is 0.196. The monoisotopic (exact) mass is 544 g/mol. The van der Waals surface area contributed by atoms with Gasteiger partial charge < -0.3 is 0 Å². The van der Waals surface area contributed by atoms with Gasteiger partial charge in [-0.1, -0.05) is 93.4 Å². The number of para-hydroxylation sites is 3. The lowest BCUT2D eigenvalue weighted by molar-refractivity contribution is 0.762. The fraction of sp³-hybridized carbons (Fsp3) is 0.143. The van der Waals surface area contributed by atoms with Gasteiger partial charge in [0.2, 0.25) is 0 Å². The summed E-state index contributed by atoms with van der Waals surface area (Å²) in [6.45, 7) is 2.22. The first-order chi connectivity index (χ1) is 15.6. The number of hydrogen-bond donors (Lipinski definition) is 0. The number of alkyl halides is 1. The van der Waals surface area contributed by atoms with Crippen LogP contribution < -0.4 is 0 Å². The van der Waals surface area contributed by atoms with Crippen molar-refractivity contribution in [2.45, 2.75) is 24.6 Å². The first kappa shape index (κ1) is 20.1. The lowest BCUT2D eigenvalue weighted by Crippen LogP contribution is -2.10. The zero-order chi connectivity index (χ0) is 21.8. The zero-order valence-electron chi connectivity index (χ0n) is 17.7. The maximum Gasteiger partial charge on any atom is 0.0748 e. The van der Waals surface area contributed by atoms with E-state index < -0.39 is 0 Å². The van der Waals surface area contributed by atoms with E-state index in [1.165, 1.54) is 49.2 Å². The third-order valence-electron chi connectivity index (χ3n) is 6.37. The number of hydrogen-bond acceptors (Lipinski definition) is 0. The molecule has 0 fully saturated rings. The Morgan fingerprint density at radius 1 is 0.688 bits per heavy atom. The molecule has 0 saturated heterocycles. The van der Waals surface area contributed by atoms with Crippen molar-refractivity contribution >= 4 is 75.5 Å². The maximum atomic E-state index is 3.74. The smallest absolute Gasteiger partial charge is 0.0748 e. The van der Waals surface area contributed by atoms with Crippen LogP contribution in [0.4, 0.5) is 0 Å². The van der Waals surface area contributed by atoms with Gasteiger partial charge in [-0.25, -0.2) is 9.35 Å². The summed E-state index contributed by atoms with van der Waals surface area (Å²) >= 11 is 7.45. The minimum atomic E-state index is 0.484. The second-order valence-corrected chi connectivity index (χ2v) is 10.9. The fourth-order valence-electron chi connectivity index (χ4n) is 4.97. The molecule has 0 spiro atoms. The molecule has 4 aromatic carbocycles. The van der Waals surface area contributed by atoms with Gasteiger partial charge in [0.25, 0.3) is 0 Å². The predicted octanol–water partition coefficient (Wildman–Crippen LogP) is 8.69. The van der Waals surface area contributed by atoms with E-state index in [1.807, 2.05) is 0 Å². The number of aryl methyl sites for hydroxylation is 1. The molecule has 158 valence electrons. The Morgan fingerprint density at radius 3 is 2.00 bits per heavy atom. The van der Waals surface area contributed by atoms with E-state index in [0.29, 0.717) is 4.83 Å². The summed E-state index contributed by atoms with van der Waals surface area (Å²) in [6, 6.07) is 30.8. The van der Waals surface area contributed by atoms with E-state index in [4.69, 9.17) is 0 Å². The summed E-state index contributed by atoms with van der Waals surface area (Å²) in [5, 5.41) is 5.12. The van der Waals surface area contributed by atoms with Crippen LogP contribution in [0, 0.1) is 0 Å². The number of fused-ring (bicyclic) bond motifs is 6. The van der Waals surface area contributed by atoms with Crippen LogP contribution in [0.25, 0.3) is 43.6 Å². The average molecular weight is 546 g/mol. The highest BCUT2D eigenvalue weighted by molar-refractivity contribution is 9.10. The summed E-state index contributed by atoms with van der Waals surface area (Å²) in [5.41, 5.74) is 6.33. The Labute approximate surface area is 203 Å². The summed E-state index contributed by atoms with van der Waals surface area (Å²) in [5.74, 6) is 0. The molecule has 2 heterocycles. The largest absolute Gasteiger partial charge is 0.248 e. The molecule has 1 unspecified atom stereocenters. The first-order valence-electron chi connectivity index (χ1n) is 11.0. The molecule has 0 aliphatic carbocycles. The highest BCUT2D eigenvalue weighted by Gasteiger charge is 2.19. The molecule has 0 radical (unpaired) electrons. The molecule has 0 aliphatic rings. The molecule has 0 aliphatic heterocycles. The van der Waals surface area contributed by atoms with Crippen LogP contribution in [0.1, 0.15) is 18.9 Å². The van der Waals surface area contributed by atoms with Crippen LogP contribution in [-0.2, 0) is 6.42 Å². The van der Waals surface area contributed by atoms with Gasteiger partial charge in [0.05, 0.1) is 22.1 Å². The number of benzene rings is 4. The van der Waals surface area contributed by atoms with Gasteiger partial charge >= 0.3 is 0 Å². The third-order valence-corrected chi connectivity index (χ3v) is 7.33. The van der Waals surface area contributed by atoms with Gasteiger partial charge in [-0.3, -0.25) is 0 Å². The molecular weight excluding hydrogens is 524 g/mol. The Bertz CT molecular complexity index is 1570. The molecule has 2 aromatic heterocycles. The summed E-state index contributed by atoms with van der Waals surface area (Å²) in [6.07, 6.45) is 2.12. The Kier molecular flexibility index (Phi) is 4.89. The second kappa shape index (κ2) is 7.79. The maximum absolute atomic E-state index is 3.74. The molecule has 32 heavy (non-hydrogen) atoms. The SMILES string of the molecule is CC(Br)CCc1cccc2c3cc(Br)ccc3n(-n3c4ccccc4c4ccccc43)c12. The molecular formula is C28H22Br2N2. The number of halogens is 2. The van der Waals surface area contributed by atoms with E-state index in [9.17, 15) is 0 Å². The van der Waals surface area contributed by atoms with Crippen LogP contribution in [-0.4, -0.2) is 14.2 Å². The van der Waals surface area contributed by atoms with Crippen molar-refractivity contribution in [2.75, 3.05) is 0 Å². The van der Waals surface area contributed by atoms with E-state index in [-0.39, 0.29) is 0 Å². The molecule has 0 N–H and O–H groups in total. The van der Waals surface area contributed by atoms with Gasteiger partial charge in [0.15, 0.2) is 0 Å². The van der Waals surface area contributed by atoms with Crippen molar-refractivity contribution in [3.8, 4) is 0 Å². The minimum absolute atomic E-state index is 0.484. The van der Waals surface area contributed by atoms with Gasteiger partial charge in [-0.15, -0.1) is 0 Å². The Balaban J connectivity index is 1.82. The van der Waals surface area contributed by atoms with Gasteiger partial charge in [-0.2, -0.15) is 0 Å². The molecule has 6 aromatic rings. The molecule has 2 nitrogen and oxygen atoms in total. The van der Waals surface area contributed by atoms with E-state index >= 15 is 0 Å². The van der Waals surface area contributed by atoms with Crippen molar-refractivity contribution in [1.29, 1.82) is 0 Å². The van der Waals surface area contributed by atoms with Gasteiger partial charge in [-0.05, 0) is 48.7 Å². The normalized spacial score (nSPS) is 13.0. The summed E-state index contributed by atoms with van der Waals surface area (Å²) in [4.78, 5) is 0.484. The molecule has 0 saturated carbocycles. The number of rotatable bonds is 4. The third kappa shape index (κ3) is 3.04. The van der Waals surface area contributed by atoms with Crippen molar-refractivity contribution in [3.63, 3.8) is 0 Å². The van der Waals surface area contributed by atoms with Crippen molar-refractivity contribution in [2.24, 2.45) is 0 Å². The second-order valence-electron chi connectivity index (χ2n) is 8.45. The van der Waals surface area contributed by atoms with Crippen LogP contribution in [0.5, 0.6) is 0 Å². The van der Waals surface area contributed by atoms with Crippen LogP contribution in [0.3, 0.4) is 0 Å². The van der Waals surface area contributed by atoms with Gasteiger partial charge in [0.1, 0.15) is 0 Å². The lowest BCUT2D eigenvalue weighted by Gasteiger charge is -2.15. The Morgan fingerprint density at radius 2 is 1.31 bits per heavy atom. The molecule has 1 atom stereocenters. The van der Waals surface area contributed by atoms with Crippen molar-refractivity contribution in [1.82, 2.24) is 9.35 Å². The van der Waals surface area contributed by atoms with E-state index in [0.717, 1.165) is 17.3 Å². The highest BCUT2D eigenvalue weighted by Crippen LogP contribution is 2.37. The predicted molar refractivity (Wildman–Crippen MR) is 144 cm³/mol. The molecule has 4 heteroatoms. The topological polar surface area (TPSA) is 9.86 Å². The first-order valence-corrected chi connectivity index (χ1v) is 12.7. The molecule has 0 bridgehead atoms. The molecule has 0 amide bonds. The standard InChI is InChI=1S/C28H22Br2N2/c1-18(29)13-14-19-7-6-10-23-24-17-20(30)15-16-27(24)32(28(19)23)31-25-11-4-2-8-21(25)22-9-3-5-12-26(22)31/h2-12,15-18H,13-14H2,1H3. The minimum Gasteiger partial charge on any atom is -0.248 e. The average Bonchev–Trinajstić information content (AvgIpc) is 3.30. The van der Waals surface area contributed by atoms with Crippen LogP contribution in [0.15, 0.2) is 89.4 Å². The van der Waals surface area contributed by atoms with E-state index in [2.05, 4.69) is 133 Å². The van der Waals surface area contributed by atoms with E-state index in [1.54, 1.807) is 0 Å². The summed E-state index contributed by atoms with van der Waals surface area (Å²) < 4.78 is 5.95. The van der Waals surface area contributed by atoms with Crippen LogP contribution in [0.2, 0.25) is 0 Å². The number of aromatic nitrogens is 2. The highest BCUT2D eigenvalue weighted by atomic mass is 79.9. The number of nitrogens with zero attached hydrogens (tertiary/aromatic N) is 2. The molecule has 6 rings (SSSR count). The van der Waals surface area contributed by atoms with Crippen molar-refractivity contribution in [3.05, 3.63) is 95.0 Å². The summed E-state index contributed by atoms with van der Waals surface area (Å²) in [7, 11) is 0.